The van der Waals surface area contributed by atoms with Crippen molar-refractivity contribution < 1.29 is 4.79 Å². The molecule has 3 nitrogen and oxygen atoms in total. The maximum absolute atomic E-state index is 12.3. The third-order valence-corrected chi connectivity index (χ3v) is 4.22. The summed E-state index contributed by atoms with van der Waals surface area (Å²) in [7, 11) is 0. The lowest BCUT2D eigenvalue weighted by molar-refractivity contribution is 0.0787. The Labute approximate surface area is 130 Å². The molecule has 0 spiro atoms. The highest BCUT2D eigenvalue weighted by molar-refractivity contribution is 9.11. The van der Waals surface area contributed by atoms with Gasteiger partial charge < -0.3 is 10.6 Å². The summed E-state index contributed by atoms with van der Waals surface area (Å²) in [5, 5.41) is 0. The van der Waals surface area contributed by atoms with Crippen LogP contribution in [0.1, 0.15) is 16.8 Å². The van der Waals surface area contributed by atoms with Crippen molar-refractivity contribution in [2.45, 2.75) is 6.42 Å². The first-order valence-electron chi connectivity index (χ1n) is 5.56. The molecule has 1 aromatic rings. The molecular formula is C12H15Br2ClN2O. The summed E-state index contributed by atoms with van der Waals surface area (Å²) >= 11 is 6.80. The molecule has 1 saturated heterocycles. The number of hydrogen-bond donors (Lipinski definition) is 1. The molecule has 1 aromatic carbocycles. The summed E-state index contributed by atoms with van der Waals surface area (Å²) in [5.74, 6) is 0.536. The van der Waals surface area contributed by atoms with Gasteiger partial charge in [0.25, 0.3) is 5.91 Å². The highest BCUT2D eigenvalue weighted by Gasteiger charge is 2.26. The average molecular weight is 399 g/mol. The number of carbonyl (C=O) groups is 1. The van der Waals surface area contributed by atoms with E-state index in [0.717, 1.165) is 28.5 Å². The standard InChI is InChI=1S/C12H14Br2N2O.ClH/c13-9-1-2-10(11(14)5-9)12(17)16-4-3-8(6-15)7-16;/h1-2,5,8H,3-4,6-7,15H2;1H. The molecule has 2 rings (SSSR count). The fourth-order valence-corrected chi connectivity index (χ4v) is 3.26. The van der Waals surface area contributed by atoms with Crippen molar-refractivity contribution in [3.63, 3.8) is 0 Å². The Balaban J connectivity index is 0.00000162. The van der Waals surface area contributed by atoms with Gasteiger partial charge in [-0.1, -0.05) is 15.9 Å². The molecule has 0 aliphatic carbocycles. The van der Waals surface area contributed by atoms with Crippen LogP contribution in [0.25, 0.3) is 0 Å². The average Bonchev–Trinajstić information content (AvgIpc) is 2.76. The highest BCUT2D eigenvalue weighted by Crippen LogP contribution is 2.25. The molecule has 1 heterocycles. The molecule has 1 fully saturated rings. The van der Waals surface area contributed by atoms with Gasteiger partial charge in [-0.25, -0.2) is 0 Å². The third-order valence-electron chi connectivity index (χ3n) is 3.07. The number of carbonyl (C=O) groups excluding carboxylic acids is 1. The van der Waals surface area contributed by atoms with Crippen LogP contribution < -0.4 is 5.73 Å². The number of amides is 1. The minimum atomic E-state index is 0. The van der Waals surface area contributed by atoms with Gasteiger partial charge in [0.1, 0.15) is 0 Å². The molecule has 0 bridgehead atoms. The van der Waals surface area contributed by atoms with E-state index in [0.29, 0.717) is 18.0 Å². The van der Waals surface area contributed by atoms with Crippen LogP contribution in [-0.4, -0.2) is 30.4 Å². The molecular weight excluding hydrogens is 383 g/mol. The van der Waals surface area contributed by atoms with Crippen LogP contribution in [0.3, 0.4) is 0 Å². The monoisotopic (exact) mass is 396 g/mol. The van der Waals surface area contributed by atoms with Gasteiger partial charge in [-0.15, -0.1) is 12.4 Å². The lowest BCUT2D eigenvalue weighted by Gasteiger charge is -2.17. The van der Waals surface area contributed by atoms with Crippen LogP contribution >= 0.6 is 44.3 Å². The van der Waals surface area contributed by atoms with Crippen LogP contribution in [0.15, 0.2) is 27.1 Å². The van der Waals surface area contributed by atoms with Crippen molar-refractivity contribution in [1.82, 2.24) is 4.90 Å². The predicted octanol–water partition coefficient (Wildman–Crippen LogP) is 3.05. The van der Waals surface area contributed by atoms with Crippen molar-refractivity contribution in [3.8, 4) is 0 Å². The molecule has 1 amide bonds. The van der Waals surface area contributed by atoms with Crippen LogP contribution in [-0.2, 0) is 0 Å². The zero-order valence-electron chi connectivity index (χ0n) is 9.73. The number of halogens is 3. The predicted molar refractivity (Wildman–Crippen MR) is 82.2 cm³/mol. The summed E-state index contributed by atoms with van der Waals surface area (Å²) in [4.78, 5) is 14.2. The van der Waals surface area contributed by atoms with E-state index in [9.17, 15) is 4.79 Å². The Morgan fingerprint density at radius 3 is 2.72 bits per heavy atom. The minimum Gasteiger partial charge on any atom is -0.338 e. The fraction of sp³-hybridized carbons (Fsp3) is 0.417. The van der Waals surface area contributed by atoms with Crippen molar-refractivity contribution in [1.29, 1.82) is 0 Å². The first-order chi connectivity index (χ1) is 8.11. The summed E-state index contributed by atoms with van der Waals surface area (Å²) in [6.07, 6.45) is 1.01. The van der Waals surface area contributed by atoms with Gasteiger partial charge in [0, 0.05) is 22.0 Å². The normalized spacial score (nSPS) is 18.6. The van der Waals surface area contributed by atoms with E-state index in [-0.39, 0.29) is 18.3 Å². The number of likely N-dealkylation sites (tertiary alicyclic amines) is 1. The lowest BCUT2D eigenvalue weighted by atomic mass is 10.1. The zero-order chi connectivity index (χ0) is 12.4. The van der Waals surface area contributed by atoms with Crippen molar-refractivity contribution >= 4 is 50.2 Å². The van der Waals surface area contributed by atoms with E-state index >= 15 is 0 Å². The molecule has 6 heteroatoms. The van der Waals surface area contributed by atoms with E-state index in [2.05, 4.69) is 31.9 Å². The number of benzene rings is 1. The molecule has 1 unspecified atom stereocenters. The molecule has 0 radical (unpaired) electrons. The molecule has 2 N–H and O–H groups in total. The van der Waals surface area contributed by atoms with E-state index in [1.54, 1.807) is 0 Å². The van der Waals surface area contributed by atoms with Crippen LogP contribution in [0, 0.1) is 5.92 Å². The van der Waals surface area contributed by atoms with Crippen molar-refractivity contribution in [3.05, 3.63) is 32.7 Å². The summed E-state index contributed by atoms with van der Waals surface area (Å²) < 4.78 is 1.79. The van der Waals surface area contributed by atoms with Gasteiger partial charge in [0.15, 0.2) is 0 Å². The Morgan fingerprint density at radius 2 is 2.17 bits per heavy atom. The third kappa shape index (κ3) is 3.47. The molecule has 1 aliphatic heterocycles. The zero-order valence-corrected chi connectivity index (χ0v) is 13.7. The smallest absolute Gasteiger partial charge is 0.255 e. The van der Waals surface area contributed by atoms with E-state index in [1.165, 1.54) is 0 Å². The first-order valence-corrected chi connectivity index (χ1v) is 7.15. The number of rotatable bonds is 2. The second kappa shape index (κ2) is 6.89. The highest BCUT2D eigenvalue weighted by atomic mass is 79.9. The second-order valence-electron chi connectivity index (χ2n) is 4.27. The molecule has 1 aliphatic rings. The molecule has 0 aromatic heterocycles. The Morgan fingerprint density at radius 1 is 1.44 bits per heavy atom. The van der Waals surface area contributed by atoms with Crippen LogP contribution in [0.5, 0.6) is 0 Å². The number of nitrogens with zero attached hydrogens (tertiary/aromatic N) is 1. The maximum atomic E-state index is 12.3. The van der Waals surface area contributed by atoms with Gasteiger partial charge in [-0.2, -0.15) is 0 Å². The number of nitrogens with two attached hydrogens (primary N) is 1. The van der Waals surface area contributed by atoms with Gasteiger partial charge in [-0.05, 0) is 53.0 Å². The van der Waals surface area contributed by atoms with Crippen molar-refractivity contribution in [2.24, 2.45) is 11.7 Å². The maximum Gasteiger partial charge on any atom is 0.255 e. The van der Waals surface area contributed by atoms with Gasteiger partial charge in [0.2, 0.25) is 0 Å². The lowest BCUT2D eigenvalue weighted by Crippen LogP contribution is -2.30. The summed E-state index contributed by atoms with van der Waals surface area (Å²) in [5.41, 5.74) is 6.34. The summed E-state index contributed by atoms with van der Waals surface area (Å²) in [6, 6.07) is 5.62. The fourth-order valence-electron chi connectivity index (χ4n) is 2.04. The molecule has 18 heavy (non-hydrogen) atoms. The molecule has 100 valence electrons. The van der Waals surface area contributed by atoms with E-state index < -0.39 is 0 Å². The van der Waals surface area contributed by atoms with Gasteiger partial charge >= 0.3 is 0 Å². The SMILES string of the molecule is Cl.NCC1CCN(C(=O)c2ccc(Br)cc2Br)C1. The van der Waals surface area contributed by atoms with E-state index in [4.69, 9.17) is 5.73 Å². The number of hydrogen-bond acceptors (Lipinski definition) is 2. The van der Waals surface area contributed by atoms with Crippen LogP contribution in [0.2, 0.25) is 0 Å². The Kier molecular flexibility index (Phi) is 6.11. The van der Waals surface area contributed by atoms with Gasteiger partial charge in [0.05, 0.1) is 5.56 Å². The second-order valence-corrected chi connectivity index (χ2v) is 6.04. The topological polar surface area (TPSA) is 46.3 Å². The van der Waals surface area contributed by atoms with E-state index in [1.807, 2.05) is 23.1 Å². The van der Waals surface area contributed by atoms with Crippen LogP contribution in [0.4, 0.5) is 0 Å². The molecule has 1 atom stereocenters. The van der Waals surface area contributed by atoms with Gasteiger partial charge in [-0.3, -0.25) is 4.79 Å². The Bertz CT molecular complexity index is 442. The molecule has 0 saturated carbocycles. The largest absolute Gasteiger partial charge is 0.338 e. The van der Waals surface area contributed by atoms with Crippen molar-refractivity contribution in [2.75, 3.05) is 19.6 Å². The minimum absolute atomic E-state index is 0. The first kappa shape index (κ1) is 16.0. The summed E-state index contributed by atoms with van der Waals surface area (Å²) in [6.45, 7) is 2.24. The quantitative estimate of drug-likeness (QED) is 0.832. The Hall–Kier alpha value is -0.100.